The van der Waals surface area contributed by atoms with Gasteiger partial charge in [-0.15, -0.1) is 0 Å². The summed E-state index contributed by atoms with van der Waals surface area (Å²) in [4.78, 5) is 42.6. The summed E-state index contributed by atoms with van der Waals surface area (Å²) >= 11 is 0. The summed E-state index contributed by atoms with van der Waals surface area (Å²) in [7, 11) is 0. The number of non-ortho nitro benzene ring substituents is 1. The maximum atomic E-state index is 13.7. The van der Waals surface area contributed by atoms with Gasteiger partial charge in [-0.25, -0.2) is 9.78 Å². The summed E-state index contributed by atoms with van der Waals surface area (Å²) in [5.41, 5.74) is 2.67. The van der Waals surface area contributed by atoms with Crippen molar-refractivity contribution in [3.05, 3.63) is 136 Å². The van der Waals surface area contributed by atoms with E-state index in [4.69, 9.17) is 14.5 Å². The number of carbonyl (C=O) groups is 2. The van der Waals surface area contributed by atoms with Crippen molar-refractivity contribution in [3.63, 3.8) is 0 Å². The highest BCUT2D eigenvalue weighted by atomic mass is 16.6. The number of hydrogen-bond acceptors (Lipinski definition) is 7. The average Bonchev–Trinajstić information content (AvgIpc) is 3.00. The number of nitro groups is 1. The van der Waals surface area contributed by atoms with E-state index in [9.17, 15) is 19.7 Å². The molecule has 0 saturated carbocycles. The molecule has 0 saturated heterocycles. The number of para-hydroxylation sites is 1. The highest BCUT2D eigenvalue weighted by Gasteiger charge is 2.28. The van der Waals surface area contributed by atoms with Crippen molar-refractivity contribution in [3.8, 4) is 17.0 Å². The van der Waals surface area contributed by atoms with Crippen LogP contribution in [0.25, 0.3) is 22.2 Å². The van der Waals surface area contributed by atoms with Crippen molar-refractivity contribution < 1.29 is 24.0 Å². The van der Waals surface area contributed by atoms with Crippen LogP contribution in [-0.4, -0.2) is 28.3 Å². The lowest BCUT2D eigenvalue weighted by atomic mass is 9.99. The molecule has 1 aromatic heterocycles. The molecule has 0 spiro atoms. The minimum atomic E-state index is -1.32. The molecule has 0 unspecified atom stereocenters. The largest absolute Gasteiger partial charge is 0.494 e. The number of pyridine rings is 1. The molecule has 0 N–H and O–H groups in total. The van der Waals surface area contributed by atoms with Crippen LogP contribution in [-0.2, 0) is 4.74 Å². The first-order chi connectivity index (χ1) is 19.4. The second-order valence-electron chi connectivity index (χ2n) is 8.89. The number of aromatic nitrogens is 1. The van der Waals surface area contributed by atoms with Gasteiger partial charge in [0.15, 0.2) is 6.10 Å². The first kappa shape index (κ1) is 26.2. The number of fused-ring (bicyclic) bond motifs is 1. The minimum Gasteiger partial charge on any atom is -0.494 e. The molecule has 0 amide bonds. The first-order valence-electron chi connectivity index (χ1n) is 12.6. The second-order valence-corrected chi connectivity index (χ2v) is 8.89. The van der Waals surface area contributed by atoms with Gasteiger partial charge in [0, 0.05) is 34.2 Å². The number of nitrogens with zero attached hydrogens (tertiary/aromatic N) is 2. The highest BCUT2D eigenvalue weighted by Crippen LogP contribution is 2.30. The molecular weight excluding hydrogens is 508 g/mol. The van der Waals surface area contributed by atoms with E-state index in [0.29, 0.717) is 34.3 Å². The maximum Gasteiger partial charge on any atom is 0.339 e. The monoisotopic (exact) mass is 532 g/mol. The molecule has 0 radical (unpaired) electrons. The number of ketones is 1. The standard InChI is InChI=1S/C32H24N2O6/c1-2-39-25-18-14-21(15-19-25)29-20-27(26-10-6-7-11-28(26)33-29)32(36)40-31(30(35)22-8-4-3-5-9-22)23-12-16-24(17-13-23)34(37)38/h3-20,31H,2H2,1H3/t31-/m1/s1. The van der Waals surface area contributed by atoms with Crippen molar-refractivity contribution in [2.75, 3.05) is 6.61 Å². The molecule has 0 fully saturated rings. The molecule has 4 aromatic carbocycles. The highest BCUT2D eigenvalue weighted by molar-refractivity contribution is 6.07. The Balaban J connectivity index is 1.55. The number of Topliss-reactive ketones (excluding diaryl/α,β-unsaturated/α-hetero) is 1. The Morgan fingerprint density at radius 1 is 0.875 bits per heavy atom. The van der Waals surface area contributed by atoms with E-state index in [-0.39, 0.29) is 11.3 Å². The third-order valence-corrected chi connectivity index (χ3v) is 6.33. The van der Waals surface area contributed by atoms with E-state index in [1.807, 2.05) is 37.3 Å². The molecule has 0 bridgehead atoms. The fourth-order valence-corrected chi connectivity index (χ4v) is 4.35. The molecular formula is C32H24N2O6. The summed E-state index contributed by atoms with van der Waals surface area (Å²) in [5, 5.41) is 11.7. The molecule has 40 heavy (non-hydrogen) atoms. The summed E-state index contributed by atoms with van der Waals surface area (Å²) in [5.74, 6) is -0.455. The third kappa shape index (κ3) is 5.56. The number of ether oxygens (including phenoxy) is 2. The number of nitro benzene ring substituents is 1. The quantitative estimate of drug-likeness (QED) is 0.0871. The van der Waals surface area contributed by atoms with E-state index in [0.717, 1.165) is 11.3 Å². The van der Waals surface area contributed by atoms with Crippen LogP contribution >= 0.6 is 0 Å². The lowest BCUT2D eigenvalue weighted by Crippen LogP contribution is -2.20. The smallest absolute Gasteiger partial charge is 0.339 e. The van der Waals surface area contributed by atoms with Crippen LogP contribution in [0, 0.1) is 10.1 Å². The van der Waals surface area contributed by atoms with Crippen LogP contribution in [0.4, 0.5) is 5.69 Å². The summed E-state index contributed by atoms with van der Waals surface area (Å²) < 4.78 is 11.4. The molecule has 5 aromatic rings. The summed E-state index contributed by atoms with van der Waals surface area (Å²) in [6.07, 6.45) is -1.32. The molecule has 1 heterocycles. The fraction of sp³-hybridized carbons (Fsp3) is 0.0938. The number of hydrogen-bond donors (Lipinski definition) is 0. The molecule has 5 rings (SSSR count). The maximum absolute atomic E-state index is 13.7. The van der Waals surface area contributed by atoms with Crippen molar-refractivity contribution in [1.82, 2.24) is 4.98 Å². The van der Waals surface area contributed by atoms with Gasteiger partial charge < -0.3 is 9.47 Å². The molecule has 0 aliphatic heterocycles. The Hall–Kier alpha value is -5.37. The first-order valence-corrected chi connectivity index (χ1v) is 12.6. The van der Waals surface area contributed by atoms with Crippen LogP contribution in [0.5, 0.6) is 5.75 Å². The zero-order valence-corrected chi connectivity index (χ0v) is 21.5. The van der Waals surface area contributed by atoms with E-state index in [2.05, 4.69) is 0 Å². The van der Waals surface area contributed by atoms with E-state index in [1.165, 1.54) is 24.3 Å². The normalized spacial score (nSPS) is 11.5. The number of rotatable bonds is 9. The third-order valence-electron chi connectivity index (χ3n) is 6.33. The van der Waals surface area contributed by atoms with Crippen molar-refractivity contribution >= 4 is 28.3 Å². The Labute approximate surface area is 230 Å². The predicted molar refractivity (Wildman–Crippen MR) is 150 cm³/mol. The lowest BCUT2D eigenvalue weighted by molar-refractivity contribution is -0.384. The van der Waals surface area contributed by atoms with E-state index < -0.39 is 22.8 Å². The fourth-order valence-electron chi connectivity index (χ4n) is 4.35. The lowest BCUT2D eigenvalue weighted by Gasteiger charge is -2.18. The number of esters is 1. The number of benzene rings is 4. The van der Waals surface area contributed by atoms with Crippen molar-refractivity contribution in [2.45, 2.75) is 13.0 Å². The van der Waals surface area contributed by atoms with Crippen LogP contribution < -0.4 is 4.74 Å². The predicted octanol–water partition coefficient (Wildman–Crippen LogP) is 6.99. The molecule has 0 aliphatic rings. The van der Waals surface area contributed by atoms with Crippen LogP contribution in [0.2, 0.25) is 0 Å². The van der Waals surface area contributed by atoms with Crippen LogP contribution in [0.1, 0.15) is 39.3 Å². The molecule has 1 atom stereocenters. The van der Waals surface area contributed by atoms with Gasteiger partial charge in [-0.3, -0.25) is 14.9 Å². The summed E-state index contributed by atoms with van der Waals surface area (Å²) in [6.45, 7) is 2.45. The van der Waals surface area contributed by atoms with Gasteiger partial charge in [-0.05, 0) is 55.5 Å². The second kappa shape index (κ2) is 11.6. The molecule has 198 valence electrons. The van der Waals surface area contributed by atoms with E-state index in [1.54, 1.807) is 54.6 Å². The van der Waals surface area contributed by atoms with Gasteiger partial charge in [-0.2, -0.15) is 0 Å². The Bertz CT molecular complexity index is 1680. The molecule has 8 nitrogen and oxygen atoms in total. The zero-order chi connectivity index (χ0) is 28.1. The SMILES string of the molecule is CCOc1ccc(-c2cc(C(=O)O[C@@H](C(=O)c3ccccc3)c3ccc([N+](=O)[O-])cc3)c3ccccc3n2)cc1. The molecule has 0 aliphatic carbocycles. The van der Waals surface area contributed by atoms with Crippen LogP contribution in [0.15, 0.2) is 109 Å². The van der Waals surface area contributed by atoms with Gasteiger partial charge in [0.1, 0.15) is 5.75 Å². The Morgan fingerprint density at radius 3 is 2.23 bits per heavy atom. The number of carbonyl (C=O) groups excluding carboxylic acids is 2. The van der Waals surface area contributed by atoms with Gasteiger partial charge in [0.05, 0.1) is 28.3 Å². The van der Waals surface area contributed by atoms with Crippen molar-refractivity contribution in [2.24, 2.45) is 0 Å². The van der Waals surface area contributed by atoms with Gasteiger partial charge in [-0.1, -0.05) is 48.5 Å². The Kier molecular flexibility index (Phi) is 7.59. The minimum absolute atomic E-state index is 0.138. The zero-order valence-electron chi connectivity index (χ0n) is 21.5. The topological polar surface area (TPSA) is 109 Å². The van der Waals surface area contributed by atoms with E-state index >= 15 is 0 Å². The average molecular weight is 533 g/mol. The summed E-state index contributed by atoms with van der Waals surface area (Å²) in [6, 6.07) is 30.0. The molecule has 8 heteroatoms. The Morgan fingerprint density at radius 2 is 1.55 bits per heavy atom. The van der Waals surface area contributed by atoms with Gasteiger partial charge in [0.25, 0.3) is 5.69 Å². The van der Waals surface area contributed by atoms with Crippen molar-refractivity contribution in [1.29, 1.82) is 0 Å². The van der Waals surface area contributed by atoms with Gasteiger partial charge >= 0.3 is 5.97 Å². The van der Waals surface area contributed by atoms with Crippen LogP contribution in [0.3, 0.4) is 0 Å². The van der Waals surface area contributed by atoms with Gasteiger partial charge in [0.2, 0.25) is 5.78 Å².